The molecule has 0 amide bonds. The lowest BCUT2D eigenvalue weighted by Gasteiger charge is -2.20. The number of likely N-dealkylation sites (N-methyl/N-ethyl adjacent to an activating group) is 1. The Morgan fingerprint density at radius 1 is 1.20 bits per heavy atom. The van der Waals surface area contributed by atoms with Gasteiger partial charge >= 0.3 is 11.9 Å². The number of hydrogen-bond donors (Lipinski definition) is 2. The van der Waals surface area contributed by atoms with Crippen molar-refractivity contribution < 1.29 is 24.5 Å². The second-order valence-electron chi connectivity index (χ2n) is 5.72. The van der Waals surface area contributed by atoms with E-state index in [4.69, 9.17) is 14.9 Å². The highest BCUT2D eigenvalue weighted by Crippen LogP contribution is 2.22. The summed E-state index contributed by atoms with van der Waals surface area (Å²) in [6.07, 6.45) is 3.26. The maximum atomic E-state index is 9.55. The van der Waals surface area contributed by atoms with Gasteiger partial charge in [-0.25, -0.2) is 9.59 Å². The van der Waals surface area contributed by atoms with E-state index in [0.717, 1.165) is 12.3 Å². The first-order valence-electron chi connectivity index (χ1n) is 7.67. The summed E-state index contributed by atoms with van der Waals surface area (Å²) in [4.78, 5) is 21.3. The van der Waals surface area contributed by atoms with E-state index < -0.39 is 11.9 Å². The second-order valence-corrected chi connectivity index (χ2v) is 5.72. The molecule has 0 radical (unpaired) electrons. The molecule has 0 bridgehead atoms. The summed E-state index contributed by atoms with van der Waals surface area (Å²) in [7, 11) is 5.92. The number of carboxylic acids is 2. The molecular weight excluding hydrogens is 324 g/mol. The van der Waals surface area contributed by atoms with Gasteiger partial charge in [0.15, 0.2) is 0 Å². The molecule has 0 aliphatic rings. The van der Waals surface area contributed by atoms with Gasteiger partial charge in [0.1, 0.15) is 5.75 Å². The Labute approximate surface area is 146 Å². The molecule has 1 heterocycles. The first-order chi connectivity index (χ1) is 11.7. The molecule has 136 valence electrons. The SMILES string of the molecule is COc1ccc2c(ccn2CC(C)N(C)C)c1.O=C(O)/C=C/C(=O)O. The Morgan fingerprint density at radius 2 is 1.80 bits per heavy atom. The summed E-state index contributed by atoms with van der Waals surface area (Å²) in [5.41, 5.74) is 1.26. The number of carboxylic acid groups (broad SMARTS) is 2. The highest BCUT2D eigenvalue weighted by Gasteiger charge is 2.08. The van der Waals surface area contributed by atoms with Crippen molar-refractivity contribution in [2.75, 3.05) is 21.2 Å². The molecular formula is C18H24N2O5. The van der Waals surface area contributed by atoms with Crippen molar-refractivity contribution >= 4 is 22.8 Å². The molecule has 0 aliphatic heterocycles. The molecule has 7 nitrogen and oxygen atoms in total. The second kappa shape index (κ2) is 9.48. The monoisotopic (exact) mass is 348 g/mol. The minimum absolute atomic E-state index is 0.521. The van der Waals surface area contributed by atoms with Crippen molar-refractivity contribution in [2.45, 2.75) is 19.5 Å². The summed E-state index contributed by atoms with van der Waals surface area (Å²) in [5.74, 6) is -1.60. The van der Waals surface area contributed by atoms with Crippen LogP contribution < -0.4 is 4.74 Å². The first kappa shape index (κ1) is 20.2. The number of aromatic nitrogens is 1. The van der Waals surface area contributed by atoms with Gasteiger partial charge in [0.25, 0.3) is 0 Å². The van der Waals surface area contributed by atoms with E-state index in [9.17, 15) is 9.59 Å². The highest BCUT2D eigenvalue weighted by molar-refractivity contribution is 5.89. The summed E-state index contributed by atoms with van der Waals surface area (Å²) < 4.78 is 7.52. The minimum Gasteiger partial charge on any atom is -0.497 e. The zero-order valence-corrected chi connectivity index (χ0v) is 14.8. The fourth-order valence-corrected chi connectivity index (χ4v) is 2.05. The van der Waals surface area contributed by atoms with Crippen LogP contribution in [0.4, 0.5) is 0 Å². The maximum Gasteiger partial charge on any atom is 0.328 e. The molecule has 7 heteroatoms. The molecule has 0 fully saturated rings. The summed E-state index contributed by atoms with van der Waals surface area (Å²) in [6, 6.07) is 8.87. The number of nitrogens with zero attached hydrogens (tertiary/aromatic N) is 2. The van der Waals surface area contributed by atoms with Crippen LogP contribution in [-0.4, -0.2) is 58.9 Å². The van der Waals surface area contributed by atoms with Crippen molar-refractivity contribution in [3.63, 3.8) is 0 Å². The van der Waals surface area contributed by atoms with Gasteiger partial charge in [0.05, 0.1) is 7.11 Å². The van der Waals surface area contributed by atoms with Gasteiger partial charge in [-0.3, -0.25) is 0 Å². The molecule has 2 rings (SSSR count). The number of aliphatic carboxylic acids is 2. The average molecular weight is 348 g/mol. The van der Waals surface area contributed by atoms with Gasteiger partial charge in [-0.05, 0) is 45.3 Å². The number of carbonyl (C=O) groups is 2. The van der Waals surface area contributed by atoms with Gasteiger partial charge < -0.3 is 24.4 Å². The molecule has 25 heavy (non-hydrogen) atoms. The summed E-state index contributed by atoms with van der Waals surface area (Å²) >= 11 is 0. The van der Waals surface area contributed by atoms with Crippen LogP contribution >= 0.6 is 0 Å². The summed E-state index contributed by atoms with van der Waals surface area (Å²) in [5, 5.41) is 16.9. The predicted molar refractivity (Wildman–Crippen MR) is 96.1 cm³/mol. The van der Waals surface area contributed by atoms with Crippen LogP contribution in [-0.2, 0) is 16.1 Å². The van der Waals surface area contributed by atoms with Crippen LogP contribution in [0.3, 0.4) is 0 Å². The van der Waals surface area contributed by atoms with Crippen LogP contribution in [0.1, 0.15) is 6.92 Å². The van der Waals surface area contributed by atoms with Gasteiger partial charge in [-0.2, -0.15) is 0 Å². The normalized spacial score (nSPS) is 12.0. The molecule has 0 spiro atoms. The van der Waals surface area contributed by atoms with Crippen LogP contribution in [0.15, 0.2) is 42.6 Å². The fourth-order valence-electron chi connectivity index (χ4n) is 2.05. The Morgan fingerprint density at radius 3 is 2.28 bits per heavy atom. The van der Waals surface area contributed by atoms with Gasteiger partial charge in [0, 0.05) is 41.8 Å². The van der Waals surface area contributed by atoms with E-state index in [-0.39, 0.29) is 0 Å². The average Bonchev–Trinajstić information content (AvgIpc) is 2.95. The number of ether oxygens (including phenoxy) is 1. The molecule has 0 saturated heterocycles. The Balaban J connectivity index is 0.000000333. The zero-order chi connectivity index (χ0) is 19.0. The molecule has 0 aliphatic carbocycles. The van der Waals surface area contributed by atoms with E-state index in [1.807, 2.05) is 6.07 Å². The van der Waals surface area contributed by atoms with Gasteiger partial charge in [-0.1, -0.05) is 0 Å². The predicted octanol–water partition coefficient (Wildman–Crippen LogP) is 2.31. The lowest BCUT2D eigenvalue weighted by Crippen LogP contribution is -2.28. The molecule has 2 N–H and O–H groups in total. The van der Waals surface area contributed by atoms with E-state index >= 15 is 0 Å². The van der Waals surface area contributed by atoms with E-state index in [1.54, 1.807) is 7.11 Å². The molecule has 1 aromatic heterocycles. The van der Waals surface area contributed by atoms with E-state index in [0.29, 0.717) is 18.2 Å². The van der Waals surface area contributed by atoms with Crippen LogP contribution in [0.25, 0.3) is 10.9 Å². The van der Waals surface area contributed by atoms with Crippen LogP contribution in [0.5, 0.6) is 5.75 Å². The Hall–Kier alpha value is -2.80. The third kappa shape index (κ3) is 6.68. The van der Waals surface area contributed by atoms with Crippen LogP contribution in [0, 0.1) is 0 Å². The lowest BCUT2D eigenvalue weighted by molar-refractivity contribution is -0.134. The number of rotatable bonds is 6. The number of hydrogen-bond acceptors (Lipinski definition) is 4. The van der Waals surface area contributed by atoms with E-state index in [2.05, 4.69) is 54.9 Å². The smallest absolute Gasteiger partial charge is 0.328 e. The topological polar surface area (TPSA) is 92.0 Å². The Bertz CT molecular complexity index is 733. The highest BCUT2D eigenvalue weighted by atomic mass is 16.5. The molecule has 2 aromatic rings. The zero-order valence-electron chi connectivity index (χ0n) is 14.8. The van der Waals surface area contributed by atoms with Crippen molar-refractivity contribution in [1.82, 2.24) is 9.47 Å². The molecule has 0 saturated carbocycles. The maximum absolute atomic E-state index is 9.55. The largest absolute Gasteiger partial charge is 0.497 e. The molecule has 1 atom stereocenters. The fraction of sp³-hybridized carbons (Fsp3) is 0.333. The first-order valence-corrected chi connectivity index (χ1v) is 7.67. The third-order valence-electron chi connectivity index (χ3n) is 3.69. The standard InChI is InChI=1S/C14H20N2O.C4H4O4/c1-11(15(2)3)10-16-8-7-12-9-13(17-4)5-6-14(12)16;5-3(6)1-2-4(7)8/h5-9,11H,10H2,1-4H3;1-2H,(H,5,6)(H,7,8)/b;2-1+. The van der Waals surface area contributed by atoms with E-state index in [1.165, 1.54) is 10.9 Å². The quantitative estimate of drug-likeness (QED) is 0.779. The molecule has 1 unspecified atom stereocenters. The van der Waals surface area contributed by atoms with Crippen molar-refractivity contribution in [3.05, 3.63) is 42.6 Å². The van der Waals surface area contributed by atoms with Crippen LogP contribution in [0.2, 0.25) is 0 Å². The number of methoxy groups -OCH3 is 1. The number of benzene rings is 1. The third-order valence-corrected chi connectivity index (χ3v) is 3.69. The lowest BCUT2D eigenvalue weighted by atomic mass is 10.2. The van der Waals surface area contributed by atoms with Crippen molar-refractivity contribution in [2.24, 2.45) is 0 Å². The van der Waals surface area contributed by atoms with Gasteiger partial charge in [0.2, 0.25) is 0 Å². The van der Waals surface area contributed by atoms with Crippen molar-refractivity contribution in [3.8, 4) is 5.75 Å². The minimum atomic E-state index is -1.26. The summed E-state index contributed by atoms with van der Waals surface area (Å²) in [6.45, 7) is 3.23. The Kier molecular flexibility index (Phi) is 7.68. The van der Waals surface area contributed by atoms with Gasteiger partial charge in [-0.15, -0.1) is 0 Å². The number of fused-ring (bicyclic) bond motifs is 1. The van der Waals surface area contributed by atoms with Crippen molar-refractivity contribution in [1.29, 1.82) is 0 Å². The molecule has 1 aromatic carbocycles.